The van der Waals surface area contributed by atoms with Crippen LogP contribution < -0.4 is 0 Å². The molecule has 3 N–H and O–H groups in total. The van der Waals surface area contributed by atoms with E-state index in [0.29, 0.717) is 45.8 Å². The van der Waals surface area contributed by atoms with Crippen molar-refractivity contribution in [3.05, 3.63) is 42.0 Å². The van der Waals surface area contributed by atoms with Gasteiger partial charge in [0.05, 0.1) is 18.7 Å². The van der Waals surface area contributed by atoms with E-state index in [2.05, 4.69) is 9.88 Å². The van der Waals surface area contributed by atoms with Crippen LogP contribution in [0.5, 0.6) is 0 Å². The molecule has 182 valence electrons. The van der Waals surface area contributed by atoms with Crippen LogP contribution in [0, 0.1) is 6.92 Å². The van der Waals surface area contributed by atoms with Crippen molar-refractivity contribution >= 4 is 17.9 Å². The van der Waals surface area contributed by atoms with Crippen LogP contribution in [0.2, 0.25) is 0 Å². The number of aromatic nitrogens is 1. The Morgan fingerprint density at radius 1 is 0.818 bits per heavy atom. The molecular weight excluding hydrogens is 430 g/mol. The molecule has 11 heteroatoms. The number of carboxylic acids is 3. The Balaban J connectivity index is 2.21. The molecule has 0 aliphatic carbocycles. The molecule has 1 aromatic heterocycles. The molecule has 0 bridgehead atoms. The van der Waals surface area contributed by atoms with Crippen LogP contribution >= 0.6 is 0 Å². The number of pyridine rings is 1. The third-order valence-electron chi connectivity index (χ3n) is 5.27. The SMILES string of the molecule is Cc1cccc(CN2CCN(CC(=O)O)/C=C\N(CCC(=O)O)CCN(CC(=O)O)CC2)n1. The lowest BCUT2D eigenvalue weighted by atomic mass is 10.2. The largest absolute Gasteiger partial charge is 0.481 e. The van der Waals surface area contributed by atoms with Crippen molar-refractivity contribution in [3.8, 4) is 0 Å². The molecule has 0 aromatic carbocycles. The van der Waals surface area contributed by atoms with Crippen molar-refractivity contribution < 1.29 is 29.7 Å². The van der Waals surface area contributed by atoms with Gasteiger partial charge in [-0.25, -0.2) is 0 Å². The highest BCUT2D eigenvalue weighted by Gasteiger charge is 2.17. The van der Waals surface area contributed by atoms with Crippen molar-refractivity contribution in [1.29, 1.82) is 0 Å². The minimum absolute atomic E-state index is 0.0700. The van der Waals surface area contributed by atoms with Gasteiger partial charge in [0.1, 0.15) is 6.54 Å². The first-order valence-electron chi connectivity index (χ1n) is 10.9. The zero-order valence-electron chi connectivity index (χ0n) is 19.0. The van der Waals surface area contributed by atoms with Crippen molar-refractivity contribution in [3.63, 3.8) is 0 Å². The fourth-order valence-corrected chi connectivity index (χ4v) is 3.54. The van der Waals surface area contributed by atoms with Gasteiger partial charge in [-0.1, -0.05) is 6.07 Å². The summed E-state index contributed by atoms with van der Waals surface area (Å²) in [4.78, 5) is 45.7. The summed E-state index contributed by atoms with van der Waals surface area (Å²) in [5, 5.41) is 27.6. The number of hydrogen-bond donors (Lipinski definition) is 3. The molecule has 0 radical (unpaired) electrons. The number of aliphatic carboxylic acids is 3. The maximum Gasteiger partial charge on any atom is 0.323 e. The molecule has 0 saturated carbocycles. The van der Waals surface area contributed by atoms with E-state index in [9.17, 15) is 24.6 Å². The van der Waals surface area contributed by atoms with E-state index in [1.165, 1.54) is 0 Å². The Labute approximate surface area is 193 Å². The number of nitrogens with zero attached hydrogens (tertiary/aromatic N) is 5. The lowest BCUT2D eigenvalue weighted by Crippen LogP contribution is -2.44. The molecule has 2 rings (SSSR count). The summed E-state index contributed by atoms with van der Waals surface area (Å²) in [6.45, 7) is 5.41. The zero-order valence-corrected chi connectivity index (χ0v) is 19.0. The molecule has 0 amide bonds. The van der Waals surface area contributed by atoms with Gasteiger partial charge in [-0.05, 0) is 19.1 Å². The quantitative estimate of drug-likeness (QED) is 0.464. The molecule has 11 nitrogen and oxygen atoms in total. The van der Waals surface area contributed by atoms with Gasteiger partial charge in [0.25, 0.3) is 0 Å². The third kappa shape index (κ3) is 10.8. The predicted octanol–water partition coefficient (Wildman–Crippen LogP) is 0.227. The lowest BCUT2D eigenvalue weighted by Gasteiger charge is -2.31. The Hall–Kier alpha value is -3.18. The normalized spacial score (nSPS) is 17.7. The number of aryl methyl sites for hydroxylation is 1. The van der Waals surface area contributed by atoms with E-state index in [-0.39, 0.29) is 26.1 Å². The van der Waals surface area contributed by atoms with Crippen LogP contribution in [0.4, 0.5) is 0 Å². The second-order valence-electron chi connectivity index (χ2n) is 8.06. The average molecular weight is 464 g/mol. The van der Waals surface area contributed by atoms with Crippen LogP contribution in [0.1, 0.15) is 17.8 Å². The van der Waals surface area contributed by atoms with E-state index in [1.807, 2.05) is 30.0 Å². The van der Waals surface area contributed by atoms with Crippen LogP contribution in [-0.4, -0.2) is 117 Å². The van der Waals surface area contributed by atoms with Crippen LogP contribution in [0.25, 0.3) is 0 Å². The first kappa shape index (κ1) is 26.1. The van der Waals surface area contributed by atoms with Gasteiger partial charge in [-0.3, -0.25) is 29.2 Å². The second kappa shape index (κ2) is 13.4. The highest BCUT2D eigenvalue weighted by Crippen LogP contribution is 2.07. The van der Waals surface area contributed by atoms with E-state index in [1.54, 1.807) is 22.2 Å². The van der Waals surface area contributed by atoms with Gasteiger partial charge in [0.2, 0.25) is 0 Å². The molecule has 1 aliphatic rings. The summed E-state index contributed by atoms with van der Waals surface area (Å²) in [5.74, 6) is -2.81. The summed E-state index contributed by atoms with van der Waals surface area (Å²) in [5.41, 5.74) is 1.80. The molecular formula is C22H33N5O6. The highest BCUT2D eigenvalue weighted by molar-refractivity contribution is 5.69. The van der Waals surface area contributed by atoms with E-state index in [4.69, 9.17) is 5.11 Å². The summed E-state index contributed by atoms with van der Waals surface area (Å²) < 4.78 is 0. The molecule has 0 atom stereocenters. The summed E-state index contributed by atoms with van der Waals surface area (Å²) in [6, 6.07) is 5.80. The number of carbonyl (C=O) groups is 3. The number of rotatable bonds is 9. The molecule has 0 saturated heterocycles. The molecule has 1 aromatic rings. The maximum absolute atomic E-state index is 11.4. The molecule has 0 unspecified atom stereocenters. The van der Waals surface area contributed by atoms with Crippen LogP contribution in [0.3, 0.4) is 0 Å². The topological polar surface area (TPSA) is 138 Å². The summed E-state index contributed by atoms with van der Waals surface area (Å²) in [6.07, 6.45) is 3.29. The minimum Gasteiger partial charge on any atom is -0.481 e. The summed E-state index contributed by atoms with van der Waals surface area (Å²) >= 11 is 0. The fraction of sp³-hybridized carbons (Fsp3) is 0.545. The van der Waals surface area contributed by atoms with Crippen LogP contribution in [-0.2, 0) is 20.9 Å². The Morgan fingerprint density at radius 3 is 2.09 bits per heavy atom. The van der Waals surface area contributed by atoms with Crippen LogP contribution in [0.15, 0.2) is 30.6 Å². The molecule has 0 fully saturated rings. The maximum atomic E-state index is 11.4. The lowest BCUT2D eigenvalue weighted by molar-refractivity contribution is -0.139. The number of hydrogen-bond acceptors (Lipinski definition) is 8. The van der Waals surface area contributed by atoms with Crippen molar-refractivity contribution in [2.45, 2.75) is 19.9 Å². The van der Waals surface area contributed by atoms with Gasteiger partial charge in [-0.15, -0.1) is 0 Å². The van der Waals surface area contributed by atoms with Gasteiger partial charge < -0.3 is 25.1 Å². The van der Waals surface area contributed by atoms with Crippen molar-refractivity contribution in [2.24, 2.45) is 0 Å². The molecule has 1 aliphatic heterocycles. The van der Waals surface area contributed by atoms with Gasteiger partial charge in [-0.2, -0.15) is 0 Å². The monoisotopic (exact) mass is 463 g/mol. The second-order valence-corrected chi connectivity index (χ2v) is 8.06. The van der Waals surface area contributed by atoms with E-state index in [0.717, 1.165) is 11.4 Å². The predicted molar refractivity (Wildman–Crippen MR) is 121 cm³/mol. The molecule has 33 heavy (non-hydrogen) atoms. The average Bonchev–Trinajstić information content (AvgIpc) is 2.72. The van der Waals surface area contributed by atoms with Gasteiger partial charge in [0.15, 0.2) is 0 Å². The van der Waals surface area contributed by atoms with Gasteiger partial charge in [0, 0.05) is 70.5 Å². The Morgan fingerprint density at radius 2 is 1.42 bits per heavy atom. The molecule has 2 heterocycles. The first-order valence-corrected chi connectivity index (χ1v) is 10.9. The minimum atomic E-state index is -0.955. The highest BCUT2D eigenvalue weighted by atomic mass is 16.4. The third-order valence-corrected chi connectivity index (χ3v) is 5.27. The summed E-state index contributed by atoms with van der Waals surface area (Å²) in [7, 11) is 0. The first-order chi connectivity index (χ1) is 15.7. The number of carboxylic acid groups (broad SMARTS) is 3. The van der Waals surface area contributed by atoms with E-state index < -0.39 is 17.9 Å². The standard InChI is InChI=1S/C22H33N5O6/c1-18-3-2-4-19(23-18)15-25-11-13-26(16-21(30)31)9-7-24(6-5-20(28)29)8-10-27(14-12-25)17-22(32)33/h2-4,7,9H,5-6,8,10-17H2,1H3,(H,28,29)(H,30,31)(H,32,33)/b9-7-. The van der Waals surface area contributed by atoms with Gasteiger partial charge >= 0.3 is 17.9 Å². The molecule has 0 spiro atoms. The van der Waals surface area contributed by atoms with Crippen molar-refractivity contribution in [2.75, 3.05) is 58.9 Å². The smallest absolute Gasteiger partial charge is 0.323 e. The Kier molecular flexibility index (Phi) is 10.6. The fourth-order valence-electron chi connectivity index (χ4n) is 3.54. The van der Waals surface area contributed by atoms with Crippen molar-refractivity contribution in [1.82, 2.24) is 24.6 Å². The van der Waals surface area contributed by atoms with E-state index >= 15 is 0 Å². The Bertz CT molecular complexity index is 833. The zero-order chi connectivity index (χ0) is 24.2.